The second kappa shape index (κ2) is 16.7. The Bertz CT molecular complexity index is 1330. The van der Waals surface area contributed by atoms with Crippen LogP contribution in [0.4, 0.5) is 0 Å². The summed E-state index contributed by atoms with van der Waals surface area (Å²) in [5.41, 5.74) is 2.13. The lowest BCUT2D eigenvalue weighted by molar-refractivity contribution is -0.166. The van der Waals surface area contributed by atoms with E-state index in [4.69, 9.17) is 9.47 Å². The zero-order chi connectivity index (χ0) is 32.1. The number of hydrogen-bond acceptors (Lipinski definition) is 8. The first-order valence-corrected chi connectivity index (χ1v) is 14.4. The van der Waals surface area contributed by atoms with Gasteiger partial charge in [0.1, 0.15) is 0 Å². The largest absolute Gasteiger partial charge is 0.478 e. The third-order valence-electron chi connectivity index (χ3n) is 7.03. The molecule has 1 aliphatic rings. The summed E-state index contributed by atoms with van der Waals surface area (Å²) in [5.74, 6) is -5.33. The van der Waals surface area contributed by atoms with Crippen molar-refractivity contribution in [1.82, 2.24) is 4.90 Å². The molecule has 1 aliphatic heterocycles. The number of benzene rings is 3. The van der Waals surface area contributed by atoms with Gasteiger partial charge in [-0.1, -0.05) is 79.6 Å². The number of likely N-dealkylation sites (tertiary alicyclic amines) is 1. The summed E-state index contributed by atoms with van der Waals surface area (Å²) in [6.07, 6.45) is 0.0922. The van der Waals surface area contributed by atoms with Crippen molar-refractivity contribution >= 4 is 29.7 Å². The highest BCUT2D eigenvalue weighted by atomic mass is 16.6. The molecule has 0 amide bonds. The Balaban J connectivity index is 0.000000257. The van der Waals surface area contributed by atoms with Gasteiger partial charge in [-0.25, -0.2) is 19.2 Å². The number of carbonyl (C=O) groups is 5. The number of esters is 2. The molecule has 0 unspecified atom stereocenters. The van der Waals surface area contributed by atoms with Crippen LogP contribution < -0.4 is 0 Å². The van der Waals surface area contributed by atoms with E-state index in [0.717, 1.165) is 31.5 Å². The lowest BCUT2D eigenvalue weighted by Gasteiger charge is -2.26. The first-order valence-electron chi connectivity index (χ1n) is 14.4. The fraction of sp³-hybridized carbons (Fsp3) is 0.324. The Morgan fingerprint density at radius 3 is 1.50 bits per heavy atom. The molecule has 10 nitrogen and oxygen atoms in total. The van der Waals surface area contributed by atoms with Crippen molar-refractivity contribution in [3.05, 3.63) is 107 Å². The minimum atomic E-state index is -2.21. The highest BCUT2D eigenvalue weighted by molar-refractivity contribution is 6.00. The molecule has 0 radical (unpaired) electrons. The zero-order valence-electron chi connectivity index (χ0n) is 24.8. The topological polar surface area (TPSA) is 148 Å². The van der Waals surface area contributed by atoms with E-state index in [9.17, 15) is 34.2 Å². The summed E-state index contributed by atoms with van der Waals surface area (Å²) in [6.45, 7) is 6.38. The molecule has 3 atom stereocenters. The summed E-state index contributed by atoms with van der Waals surface area (Å²) in [5, 5.41) is 18.5. The second-order valence-electron chi connectivity index (χ2n) is 10.3. The van der Waals surface area contributed by atoms with Crippen LogP contribution in [-0.4, -0.2) is 76.1 Å². The van der Waals surface area contributed by atoms with E-state index in [1.165, 1.54) is 66.9 Å². The van der Waals surface area contributed by atoms with Crippen molar-refractivity contribution in [3.8, 4) is 0 Å². The Hall–Kier alpha value is -4.83. The van der Waals surface area contributed by atoms with Crippen molar-refractivity contribution in [2.45, 2.75) is 57.8 Å². The van der Waals surface area contributed by atoms with E-state index < -0.39 is 36.1 Å². The smallest absolute Gasteiger partial charge is 0.349 e. The van der Waals surface area contributed by atoms with Gasteiger partial charge in [0.2, 0.25) is 12.2 Å². The summed E-state index contributed by atoms with van der Waals surface area (Å²) in [7, 11) is 0. The summed E-state index contributed by atoms with van der Waals surface area (Å²) >= 11 is 0. The van der Waals surface area contributed by atoms with Gasteiger partial charge in [0.05, 0.1) is 17.2 Å². The molecule has 44 heavy (non-hydrogen) atoms. The molecule has 3 aromatic rings. The fourth-order valence-electron chi connectivity index (χ4n) is 4.72. The molecule has 0 aromatic heterocycles. The molecule has 1 heterocycles. The van der Waals surface area contributed by atoms with Gasteiger partial charge < -0.3 is 19.7 Å². The third-order valence-corrected chi connectivity index (χ3v) is 7.03. The SMILES string of the molecule is CCC[C@H](C(=O)c1ccc(C)cc1)N1CCCC1.O=C(O[C@H](C(=O)O)[C@H](OC(=O)c1ccccc1)C(=O)O)c1ccccc1. The number of rotatable bonds is 12. The molecule has 232 valence electrons. The number of Topliss-reactive ketones (excluding diaryl/α,β-unsaturated/α-hetero) is 1. The van der Waals surface area contributed by atoms with Crippen LogP contribution in [0.2, 0.25) is 0 Å². The summed E-state index contributed by atoms with van der Waals surface area (Å²) in [6, 6.07) is 22.9. The van der Waals surface area contributed by atoms with Gasteiger partial charge in [0, 0.05) is 5.56 Å². The number of carboxylic acids is 2. The van der Waals surface area contributed by atoms with Crippen LogP contribution in [0.25, 0.3) is 0 Å². The van der Waals surface area contributed by atoms with Crippen molar-refractivity contribution < 1.29 is 43.7 Å². The number of aryl methyl sites for hydroxylation is 1. The molecule has 1 saturated heterocycles. The standard InChI is InChI=1S/C18H14O8.C16H23NO/c19-15(20)13(25-17(23)11-7-3-1-4-8-11)14(16(21)22)26-18(24)12-9-5-2-6-10-12;1-3-6-15(17-11-4-5-12-17)16(18)14-9-7-13(2)8-10-14/h1-10,13-14H,(H,19,20)(H,21,22);7-10,15H,3-6,11-12H2,1-2H3/t13-,14-;15-/m01/s1. The molecule has 2 N–H and O–H groups in total. The van der Waals surface area contributed by atoms with E-state index in [2.05, 4.69) is 18.7 Å². The van der Waals surface area contributed by atoms with Crippen LogP contribution in [0.1, 0.15) is 69.2 Å². The summed E-state index contributed by atoms with van der Waals surface area (Å²) < 4.78 is 9.52. The normalized spacial score (nSPS) is 14.7. The summed E-state index contributed by atoms with van der Waals surface area (Å²) in [4.78, 5) is 61.8. The van der Waals surface area contributed by atoms with E-state index >= 15 is 0 Å². The van der Waals surface area contributed by atoms with Gasteiger partial charge >= 0.3 is 23.9 Å². The molecular formula is C34H37NO9. The third kappa shape index (κ3) is 9.60. The molecule has 3 aromatic carbocycles. The van der Waals surface area contributed by atoms with Gasteiger partial charge in [-0.2, -0.15) is 0 Å². The van der Waals surface area contributed by atoms with Gasteiger partial charge in [-0.05, 0) is 63.5 Å². The molecule has 0 bridgehead atoms. The molecular weight excluding hydrogens is 566 g/mol. The average Bonchev–Trinajstić information content (AvgIpc) is 3.57. The van der Waals surface area contributed by atoms with Crippen molar-refractivity contribution in [2.24, 2.45) is 0 Å². The minimum absolute atomic E-state index is 0.0253. The first-order chi connectivity index (χ1) is 21.1. The maximum absolute atomic E-state index is 12.6. The Morgan fingerprint density at radius 1 is 0.682 bits per heavy atom. The zero-order valence-corrected chi connectivity index (χ0v) is 24.8. The lowest BCUT2D eigenvalue weighted by Crippen LogP contribution is -2.45. The van der Waals surface area contributed by atoms with Gasteiger partial charge in [0.15, 0.2) is 5.78 Å². The number of ether oxygens (including phenoxy) is 2. The number of aliphatic carboxylic acids is 2. The number of nitrogens with zero attached hydrogens (tertiary/aromatic N) is 1. The van der Waals surface area contributed by atoms with Crippen LogP contribution in [0, 0.1) is 6.92 Å². The van der Waals surface area contributed by atoms with Crippen LogP contribution in [0.15, 0.2) is 84.9 Å². The van der Waals surface area contributed by atoms with Crippen LogP contribution in [0.5, 0.6) is 0 Å². The van der Waals surface area contributed by atoms with E-state index in [1.807, 2.05) is 24.3 Å². The quantitative estimate of drug-likeness (QED) is 0.213. The number of carboxylic acid groups (broad SMARTS) is 2. The fourth-order valence-corrected chi connectivity index (χ4v) is 4.72. The van der Waals surface area contributed by atoms with Crippen molar-refractivity contribution in [3.63, 3.8) is 0 Å². The number of carbonyl (C=O) groups excluding carboxylic acids is 3. The predicted octanol–water partition coefficient (Wildman–Crippen LogP) is 5.05. The number of hydrogen-bond donors (Lipinski definition) is 2. The van der Waals surface area contributed by atoms with Crippen LogP contribution in [-0.2, 0) is 19.1 Å². The van der Waals surface area contributed by atoms with Gasteiger partial charge in [-0.3, -0.25) is 9.69 Å². The van der Waals surface area contributed by atoms with Gasteiger partial charge in [0.25, 0.3) is 0 Å². The highest BCUT2D eigenvalue weighted by Crippen LogP contribution is 2.20. The average molecular weight is 604 g/mol. The molecule has 0 spiro atoms. The van der Waals surface area contributed by atoms with Gasteiger partial charge in [-0.15, -0.1) is 0 Å². The Labute approximate surface area is 256 Å². The second-order valence-corrected chi connectivity index (χ2v) is 10.3. The number of ketones is 1. The van der Waals surface area contributed by atoms with Crippen LogP contribution >= 0.6 is 0 Å². The van der Waals surface area contributed by atoms with E-state index in [1.54, 1.807) is 12.1 Å². The Morgan fingerprint density at radius 2 is 1.11 bits per heavy atom. The molecule has 0 aliphatic carbocycles. The monoisotopic (exact) mass is 603 g/mol. The highest BCUT2D eigenvalue weighted by Gasteiger charge is 2.41. The molecule has 0 saturated carbocycles. The molecule has 10 heteroatoms. The lowest BCUT2D eigenvalue weighted by atomic mass is 9.98. The Kier molecular flexibility index (Phi) is 12.8. The van der Waals surface area contributed by atoms with Crippen molar-refractivity contribution in [1.29, 1.82) is 0 Å². The van der Waals surface area contributed by atoms with Crippen molar-refractivity contribution in [2.75, 3.05) is 13.1 Å². The maximum atomic E-state index is 12.6. The van der Waals surface area contributed by atoms with Crippen LogP contribution in [0.3, 0.4) is 0 Å². The predicted molar refractivity (Wildman–Crippen MR) is 162 cm³/mol. The molecule has 1 fully saturated rings. The van der Waals surface area contributed by atoms with E-state index in [-0.39, 0.29) is 17.2 Å². The molecule has 4 rings (SSSR count). The first kappa shape index (κ1) is 33.7. The van der Waals surface area contributed by atoms with E-state index in [0.29, 0.717) is 5.78 Å². The maximum Gasteiger partial charge on any atom is 0.349 e. The minimum Gasteiger partial charge on any atom is -0.478 e.